The van der Waals surface area contributed by atoms with Gasteiger partial charge >= 0.3 is 5.97 Å². The van der Waals surface area contributed by atoms with Crippen LogP contribution < -0.4 is 5.32 Å². The van der Waals surface area contributed by atoms with Crippen molar-refractivity contribution in [2.45, 2.75) is 25.0 Å². The predicted molar refractivity (Wildman–Crippen MR) is 41.9 cm³/mol. The lowest BCUT2D eigenvalue weighted by Gasteiger charge is -2.24. The number of nitrogens with one attached hydrogen (secondary N) is 1. The molecule has 2 atom stereocenters. The van der Waals surface area contributed by atoms with E-state index in [4.69, 9.17) is 10.2 Å². The second-order valence-electron chi connectivity index (χ2n) is 2.48. The zero-order chi connectivity index (χ0) is 7.56. The summed E-state index contributed by atoms with van der Waals surface area (Å²) in [5.41, 5.74) is 0. The van der Waals surface area contributed by atoms with Crippen molar-refractivity contribution < 1.29 is 15.0 Å². The van der Waals surface area contributed by atoms with Crippen LogP contribution in [0, 0.1) is 0 Å². The van der Waals surface area contributed by atoms with Gasteiger partial charge < -0.3 is 15.5 Å². The highest BCUT2D eigenvalue weighted by Crippen LogP contribution is 2.07. The Kier molecular flexibility index (Phi) is 4.40. The van der Waals surface area contributed by atoms with E-state index in [2.05, 4.69) is 5.32 Å². The lowest BCUT2D eigenvalue weighted by atomic mass is 10.0. The number of aliphatic carboxylic acids is 1. The summed E-state index contributed by atoms with van der Waals surface area (Å²) in [6, 6.07) is -0.756. The molecule has 1 fully saturated rings. The molecule has 0 aromatic heterocycles. The number of carboxylic acid groups (broad SMARTS) is 1. The van der Waals surface area contributed by atoms with Gasteiger partial charge in [-0.2, -0.15) is 0 Å². The molecule has 0 bridgehead atoms. The Morgan fingerprint density at radius 2 is 2.18 bits per heavy atom. The third-order valence-corrected chi connectivity index (χ3v) is 1.69. The summed E-state index contributed by atoms with van der Waals surface area (Å²) < 4.78 is 0. The molecule has 11 heavy (non-hydrogen) atoms. The average molecular weight is 182 g/mol. The first-order valence-electron chi connectivity index (χ1n) is 3.36. The van der Waals surface area contributed by atoms with E-state index in [1.807, 2.05) is 0 Å². The number of aliphatic hydroxyl groups excluding tert-OH is 1. The summed E-state index contributed by atoms with van der Waals surface area (Å²) in [7, 11) is 0. The van der Waals surface area contributed by atoms with Crippen LogP contribution in [-0.2, 0) is 4.79 Å². The molecule has 0 aliphatic carbocycles. The molecule has 0 radical (unpaired) electrons. The van der Waals surface area contributed by atoms with Crippen molar-refractivity contribution in [2.24, 2.45) is 0 Å². The fourth-order valence-electron chi connectivity index (χ4n) is 1.12. The van der Waals surface area contributed by atoms with Crippen molar-refractivity contribution in [1.82, 2.24) is 5.32 Å². The molecule has 66 valence electrons. The van der Waals surface area contributed by atoms with E-state index in [-0.39, 0.29) is 12.4 Å². The smallest absolute Gasteiger partial charge is 0.323 e. The summed E-state index contributed by atoms with van der Waals surface area (Å²) in [6.45, 7) is 0.689. The molecule has 0 spiro atoms. The van der Waals surface area contributed by atoms with Crippen LogP contribution in [-0.4, -0.2) is 34.9 Å². The van der Waals surface area contributed by atoms with Gasteiger partial charge in [-0.05, 0) is 19.4 Å². The highest BCUT2D eigenvalue weighted by Gasteiger charge is 2.28. The van der Waals surface area contributed by atoms with Gasteiger partial charge in [-0.25, -0.2) is 0 Å². The summed E-state index contributed by atoms with van der Waals surface area (Å²) >= 11 is 0. The van der Waals surface area contributed by atoms with E-state index in [0.29, 0.717) is 13.0 Å². The number of aliphatic hydroxyl groups is 1. The van der Waals surface area contributed by atoms with Crippen LogP contribution in [0.25, 0.3) is 0 Å². The van der Waals surface area contributed by atoms with Gasteiger partial charge in [0, 0.05) is 0 Å². The highest BCUT2D eigenvalue weighted by molar-refractivity contribution is 5.85. The number of carboxylic acids is 1. The minimum atomic E-state index is -0.966. The standard InChI is InChI=1S/C6H11NO3.ClH/c8-4-2-1-3-7-5(4)6(9)10;/h4-5,7-8H,1-3H2,(H,9,10);1H/t4-,5-;/m1./s1. The SMILES string of the molecule is Cl.O=C(O)[C@@H]1NCCC[C@H]1O. The topological polar surface area (TPSA) is 69.6 Å². The molecular weight excluding hydrogens is 170 g/mol. The van der Waals surface area contributed by atoms with Gasteiger partial charge in [-0.3, -0.25) is 4.79 Å². The van der Waals surface area contributed by atoms with Gasteiger partial charge in [0.05, 0.1) is 6.10 Å². The lowest BCUT2D eigenvalue weighted by molar-refractivity contribution is -0.143. The minimum absolute atomic E-state index is 0. The predicted octanol–water partition coefficient (Wildman–Crippen LogP) is -0.394. The van der Waals surface area contributed by atoms with E-state index in [0.717, 1.165) is 6.42 Å². The fraction of sp³-hybridized carbons (Fsp3) is 0.833. The molecule has 4 nitrogen and oxygen atoms in total. The zero-order valence-corrected chi connectivity index (χ0v) is 6.80. The lowest BCUT2D eigenvalue weighted by Crippen LogP contribution is -2.49. The van der Waals surface area contributed by atoms with Gasteiger partial charge in [0.15, 0.2) is 0 Å². The Balaban J connectivity index is 0.000001000. The molecule has 1 saturated heterocycles. The van der Waals surface area contributed by atoms with Crippen LogP contribution in [0.4, 0.5) is 0 Å². The molecule has 0 amide bonds. The van der Waals surface area contributed by atoms with Gasteiger partial charge in [0.1, 0.15) is 6.04 Å². The average Bonchev–Trinajstić information content (AvgIpc) is 1.88. The first-order chi connectivity index (χ1) is 4.72. The minimum Gasteiger partial charge on any atom is -0.480 e. The number of halogens is 1. The van der Waals surface area contributed by atoms with Crippen molar-refractivity contribution >= 4 is 18.4 Å². The van der Waals surface area contributed by atoms with Crippen molar-refractivity contribution in [3.63, 3.8) is 0 Å². The van der Waals surface area contributed by atoms with Gasteiger partial charge in [0.25, 0.3) is 0 Å². The summed E-state index contributed by atoms with van der Waals surface area (Å²) in [5.74, 6) is -0.966. The molecule has 0 aromatic carbocycles. The monoisotopic (exact) mass is 181 g/mol. The quantitative estimate of drug-likeness (QED) is 0.515. The van der Waals surface area contributed by atoms with Crippen LogP contribution >= 0.6 is 12.4 Å². The van der Waals surface area contributed by atoms with Gasteiger partial charge in [-0.15, -0.1) is 12.4 Å². The van der Waals surface area contributed by atoms with Crippen LogP contribution in [0.15, 0.2) is 0 Å². The maximum absolute atomic E-state index is 10.3. The molecule has 5 heteroatoms. The molecule has 0 aromatic rings. The van der Waals surface area contributed by atoms with E-state index < -0.39 is 18.1 Å². The first-order valence-corrected chi connectivity index (χ1v) is 3.36. The summed E-state index contributed by atoms with van der Waals surface area (Å²) in [5, 5.41) is 20.3. The Labute approximate surface area is 71.0 Å². The zero-order valence-electron chi connectivity index (χ0n) is 5.99. The van der Waals surface area contributed by atoms with Gasteiger partial charge in [-0.1, -0.05) is 0 Å². The largest absolute Gasteiger partial charge is 0.480 e. The van der Waals surface area contributed by atoms with Crippen molar-refractivity contribution in [3.05, 3.63) is 0 Å². The van der Waals surface area contributed by atoms with Gasteiger partial charge in [0.2, 0.25) is 0 Å². The molecule has 1 rings (SSSR count). The van der Waals surface area contributed by atoms with Crippen molar-refractivity contribution in [2.75, 3.05) is 6.54 Å². The Morgan fingerprint density at radius 1 is 1.55 bits per heavy atom. The number of rotatable bonds is 1. The molecule has 3 N–H and O–H groups in total. The van der Waals surface area contributed by atoms with Crippen LogP contribution in [0.1, 0.15) is 12.8 Å². The maximum Gasteiger partial charge on any atom is 0.323 e. The van der Waals surface area contributed by atoms with E-state index in [9.17, 15) is 4.79 Å². The summed E-state index contributed by atoms with van der Waals surface area (Å²) in [6.07, 6.45) is 0.723. The van der Waals surface area contributed by atoms with Crippen molar-refractivity contribution in [1.29, 1.82) is 0 Å². The molecule has 1 heterocycles. The molecule has 1 aliphatic rings. The highest BCUT2D eigenvalue weighted by atomic mass is 35.5. The fourth-order valence-corrected chi connectivity index (χ4v) is 1.12. The first kappa shape index (κ1) is 10.7. The van der Waals surface area contributed by atoms with E-state index in [1.165, 1.54) is 0 Å². The Morgan fingerprint density at radius 3 is 2.55 bits per heavy atom. The van der Waals surface area contributed by atoms with Crippen LogP contribution in [0.3, 0.4) is 0 Å². The Bertz CT molecular complexity index is 142. The summed E-state index contributed by atoms with van der Waals surface area (Å²) in [4.78, 5) is 10.3. The number of carbonyl (C=O) groups is 1. The number of piperidine rings is 1. The van der Waals surface area contributed by atoms with Crippen LogP contribution in [0.5, 0.6) is 0 Å². The van der Waals surface area contributed by atoms with Crippen molar-refractivity contribution in [3.8, 4) is 0 Å². The second-order valence-corrected chi connectivity index (χ2v) is 2.48. The van der Waals surface area contributed by atoms with E-state index >= 15 is 0 Å². The third kappa shape index (κ3) is 2.65. The van der Waals surface area contributed by atoms with E-state index in [1.54, 1.807) is 0 Å². The molecule has 0 unspecified atom stereocenters. The molecule has 0 saturated carbocycles. The molecular formula is C6H12ClNO3. The third-order valence-electron chi connectivity index (χ3n) is 1.69. The maximum atomic E-state index is 10.3. The van der Waals surface area contributed by atoms with Crippen LogP contribution in [0.2, 0.25) is 0 Å². The number of hydrogen-bond donors (Lipinski definition) is 3. The Hall–Kier alpha value is -0.320. The molecule has 1 aliphatic heterocycles. The normalized spacial score (nSPS) is 30.6. The number of hydrogen-bond acceptors (Lipinski definition) is 3. The second kappa shape index (κ2) is 4.54.